The van der Waals surface area contributed by atoms with Gasteiger partial charge in [-0.05, 0) is 19.1 Å². The summed E-state index contributed by atoms with van der Waals surface area (Å²) in [5.41, 5.74) is 0.885. The van der Waals surface area contributed by atoms with E-state index in [2.05, 4.69) is 25.5 Å². The van der Waals surface area contributed by atoms with Crippen molar-refractivity contribution in [2.75, 3.05) is 31.4 Å². The summed E-state index contributed by atoms with van der Waals surface area (Å²) < 4.78 is 25.6. The number of halogens is 2. The normalized spacial score (nSPS) is 18.0. The van der Waals surface area contributed by atoms with Crippen molar-refractivity contribution in [2.45, 2.75) is 23.4 Å². The number of carbonyl (C=O) groups is 1. The fourth-order valence-corrected chi connectivity index (χ4v) is 5.11. The van der Waals surface area contributed by atoms with E-state index in [1.54, 1.807) is 12.1 Å². The summed E-state index contributed by atoms with van der Waals surface area (Å²) in [5.74, 6) is 0.283. The van der Waals surface area contributed by atoms with E-state index in [1.165, 1.54) is 42.6 Å². The van der Waals surface area contributed by atoms with Crippen LogP contribution in [0.2, 0.25) is 5.15 Å². The number of amides is 1. The lowest BCUT2D eigenvalue weighted by Gasteiger charge is -2.14. The Morgan fingerprint density at radius 1 is 1.34 bits per heavy atom. The highest BCUT2D eigenvalue weighted by Gasteiger charge is 2.35. The molecule has 1 fully saturated rings. The van der Waals surface area contributed by atoms with Crippen molar-refractivity contribution in [1.29, 1.82) is 0 Å². The van der Waals surface area contributed by atoms with Crippen LogP contribution in [0.3, 0.4) is 0 Å². The highest BCUT2D eigenvalue weighted by atomic mass is 35.5. The summed E-state index contributed by atoms with van der Waals surface area (Å²) in [6.07, 6.45) is 3.35. The minimum absolute atomic E-state index is 0.0914. The van der Waals surface area contributed by atoms with Gasteiger partial charge in [0.2, 0.25) is 5.13 Å². The van der Waals surface area contributed by atoms with E-state index in [9.17, 15) is 9.18 Å². The lowest BCUT2D eigenvalue weighted by atomic mass is 10.0. The first-order valence-corrected chi connectivity index (χ1v) is 11.8. The molecule has 1 N–H and O–H groups in total. The number of ether oxygens (including phenoxy) is 2. The van der Waals surface area contributed by atoms with Crippen LogP contribution >= 0.6 is 34.7 Å². The van der Waals surface area contributed by atoms with E-state index in [4.69, 9.17) is 21.1 Å². The number of aromatic nitrogens is 4. The SMILES string of the molecule is COc1cnc(Cl)cc1-c1cc(C)ncc1C(=O)Nc1nnc(SC[C@]2(F)CCOC2)s1. The van der Waals surface area contributed by atoms with Crippen LogP contribution in [0.25, 0.3) is 11.1 Å². The van der Waals surface area contributed by atoms with Crippen LogP contribution in [-0.4, -0.2) is 57.8 Å². The molecule has 1 atom stereocenters. The van der Waals surface area contributed by atoms with Gasteiger partial charge in [-0.15, -0.1) is 10.2 Å². The zero-order valence-corrected chi connectivity index (χ0v) is 19.6. The first kappa shape index (κ1) is 22.8. The molecule has 0 aromatic carbocycles. The smallest absolute Gasteiger partial charge is 0.259 e. The van der Waals surface area contributed by atoms with Crippen molar-refractivity contribution in [3.05, 3.63) is 40.9 Å². The van der Waals surface area contributed by atoms with Gasteiger partial charge < -0.3 is 9.47 Å². The third-order valence-corrected chi connectivity index (χ3v) is 7.20. The molecule has 4 rings (SSSR count). The predicted octanol–water partition coefficient (Wildman–Crippen LogP) is 4.44. The maximum absolute atomic E-state index is 14.5. The van der Waals surface area contributed by atoms with Gasteiger partial charge in [0.15, 0.2) is 4.34 Å². The first-order valence-electron chi connectivity index (χ1n) is 9.58. The largest absolute Gasteiger partial charge is 0.494 e. The average Bonchev–Trinajstić information content (AvgIpc) is 3.41. The topological polar surface area (TPSA) is 99.1 Å². The van der Waals surface area contributed by atoms with Crippen LogP contribution in [0.15, 0.2) is 28.9 Å². The number of carbonyl (C=O) groups excluding carboxylic acids is 1. The van der Waals surface area contributed by atoms with Crippen molar-refractivity contribution in [3.8, 4) is 16.9 Å². The van der Waals surface area contributed by atoms with Crippen LogP contribution in [0, 0.1) is 6.92 Å². The van der Waals surface area contributed by atoms with Gasteiger partial charge in [0.05, 0.1) is 25.5 Å². The van der Waals surface area contributed by atoms with Gasteiger partial charge in [-0.2, -0.15) is 0 Å². The average molecular weight is 496 g/mol. The van der Waals surface area contributed by atoms with Crippen LogP contribution in [0.4, 0.5) is 9.52 Å². The van der Waals surface area contributed by atoms with E-state index in [0.717, 1.165) is 5.69 Å². The van der Waals surface area contributed by atoms with Gasteiger partial charge in [0, 0.05) is 41.8 Å². The molecule has 1 saturated heterocycles. The molecule has 168 valence electrons. The number of nitrogens with one attached hydrogen (secondary N) is 1. The van der Waals surface area contributed by atoms with Crippen LogP contribution in [0.1, 0.15) is 22.5 Å². The fourth-order valence-electron chi connectivity index (χ4n) is 3.12. The molecule has 0 spiro atoms. The van der Waals surface area contributed by atoms with Gasteiger partial charge in [0.25, 0.3) is 5.91 Å². The Morgan fingerprint density at radius 3 is 2.94 bits per heavy atom. The van der Waals surface area contributed by atoms with Gasteiger partial charge in [-0.3, -0.25) is 15.1 Å². The number of methoxy groups -OCH3 is 1. The Bertz CT molecular complexity index is 1140. The summed E-state index contributed by atoms with van der Waals surface area (Å²) in [7, 11) is 1.52. The molecule has 0 radical (unpaired) electrons. The second kappa shape index (κ2) is 9.65. The number of alkyl halides is 1. The number of rotatable bonds is 7. The molecule has 3 aromatic heterocycles. The molecule has 1 aliphatic rings. The van der Waals surface area contributed by atoms with E-state index in [0.29, 0.717) is 44.9 Å². The zero-order valence-electron chi connectivity index (χ0n) is 17.2. The lowest BCUT2D eigenvalue weighted by Crippen LogP contribution is -2.25. The second-order valence-electron chi connectivity index (χ2n) is 7.15. The molecule has 32 heavy (non-hydrogen) atoms. The number of hydrogen-bond donors (Lipinski definition) is 1. The van der Waals surface area contributed by atoms with Gasteiger partial charge in [0.1, 0.15) is 16.6 Å². The molecule has 0 bridgehead atoms. The Balaban J connectivity index is 1.54. The summed E-state index contributed by atoms with van der Waals surface area (Å²) in [6.45, 7) is 2.34. The molecule has 4 heterocycles. The molecule has 12 heteroatoms. The molecule has 0 aliphatic carbocycles. The minimum Gasteiger partial charge on any atom is -0.494 e. The summed E-state index contributed by atoms with van der Waals surface area (Å²) in [4.78, 5) is 21.3. The zero-order chi connectivity index (χ0) is 22.7. The predicted molar refractivity (Wildman–Crippen MR) is 122 cm³/mol. The molecule has 8 nitrogen and oxygen atoms in total. The Hall–Kier alpha value is -2.34. The second-order valence-corrected chi connectivity index (χ2v) is 9.74. The lowest BCUT2D eigenvalue weighted by molar-refractivity contribution is 0.102. The number of anilines is 1. The van der Waals surface area contributed by atoms with Crippen molar-refractivity contribution in [3.63, 3.8) is 0 Å². The summed E-state index contributed by atoms with van der Waals surface area (Å²) >= 11 is 8.51. The Labute approximate surface area is 196 Å². The number of hydrogen-bond acceptors (Lipinski definition) is 9. The molecule has 0 unspecified atom stereocenters. The number of thioether (sulfide) groups is 1. The van der Waals surface area contributed by atoms with E-state index >= 15 is 0 Å². The Morgan fingerprint density at radius 2 is 2.19 bits per heavy atom. The van der Waals surface area contributed by atoms with E-state index < -0.39 is 11.6 Å². The first-order chi connectivity index (χ1) is 15.4. The minimum atomic E-state index is -1.35. The number of nitrogens with zero attached hydrogens (tertiary/aromatic N) is 4. The van der Waals surface area contributed by atoms with Gasteiger partial charge in [-0.1, -0.05) is 34.7 Å². The highest BCUT2D eigenvalue weighted by molar-refractivity contribution is 8.01. The summed E-state index contributed by atoms with van der Waals surface area (Å²) in [6, 6.07) is 3.40. The molecule has 0 saturated carbocycles. The van der Waals surface area contributed by atoms with Crippen molar-refractivity contribution >= 4 is 45.7 Å². The standard InChI is InChI=1S/C20H19ClFN5O3S2/c1-11-5-12(13-6-16(21)24-8-15(13)29-2)14(7-23-11)17(28)25-18-26-27-19(32-18)31-10-20(22)3-4-30-9-20/h5-8H,3-4,9-10H2,1-2H3,(H,25,26,28)/t20-/m0/s1. The molecular weight excluding hydrogens is 477 g/mol. The third kappa shape index (κ3) is 5.17. The number of aryl methyl sites for hydroxylation is 1. The van der Waals surface area contributed by atoms with Gasteiger partial charge in [-0.25, -0.2) is 9.37 Å². The van der Waals surface area contributed by atoms with Crippen molar-refractivity contribution in [2.24, 2.45) is 0 Å². The van der Waals surface area contributed by atoms with E-state index in [-0.39, 0.29) is 17.5 Å². The molecular formula is C20H19ClFN5O3S2. The molecule has 3 aromatic rings. The summed E-state index contributed by atoms with van der Waals surface area (Å²) in [5, 5.41) is 11.4. The maximum atomic E-state index is 14.5. The van der Waals surface area contributed by atoms with E-state index in [1.807, 2.05) is 6.92 Å². The molecule has 1 aliphatic heterocycles. The third-order valence-electron chi connectivity index (χ3n) is 4.77. The monoisotopic (exact) mass is 495 g/mol. The number of pyridine rings is 2. The molecule has 1 amide bonds. The highest BCUT2D eigenvalue weighted by Crippen LogP contribution is 2.35. The Kier molecular flexibility index (Phi) is 6.89. The van der Waals surface area contributed by atoms with Crippen molar-refractivity contribution in [1.82, 2.24) is 20.2 Å². The van der Waals surface area contributed by atoms with Crippen LogP contribution in [-0.2, 0) is 4.74 Å². The van der Waals surface area contributed by atoms with Crippen molar-refractivity contribution < 1.29 is 18.7 Å². The van der Waals surface area contributed by atoms with Gasteiger partial charge >= 0.3 is 0 Å². The van der Waals surface area contributed by atoms with Crippen LogP contribution in [0.5, 0.6) is 5.75 Å². The quantitative estimate of drug-likeness (QED) is 0.292. The van der Waals surface area contributed by atoms with Crippen LogP contribution < -0.4 is 10.1 Å². The maximum Gasteiger partial charge on any atom is 0.259 e. The fraction of sp³-hybridized carbons (Fsp3) is 0.350.